The number of allylic oxidation sites excluding steroid dienone is 1. The third-order valence-corrected chi connectivity index (χ3v) is 1.53. The Labute approximate surface area is 89.2 Å². The largest absolute Gasteiger partial charge is 0.462 e. The summed E-state index contributed by atoms with van der Waals surface area (Å²) in [6.07, 6.45) is 0. The summed E-state index contributed by atoms with van der Waals surface area (Å²) in [5, 5.41) is 0. The summed E-state index contributed by atoms with van der Waals surface area (Å²) in [5.41, 5.74) is 5.69. The van der Waals surface area contributed by atoms with E-state index in [9.17, 15) is 9.59 Å². The fourth-order valence-corrected chi connectivity index (χ4v) is 0.919. The maximum atomic E-state index is 11.4. The number of ether oxygens (including phenoxy) is 2. The molecule has 0 atom stereocenters. The first-order chi connectivity index (χ1) is 7.04. The van der Waals surface area contributed by atoms with Crippen LogP contribution in [0, 0.1) is 0 Å². The number of carbonyl (C=O) groups excluding carboxylic acids is 2. The van der Waals surface area contributed by atoms with Gasteiger partial charge in [0.25, 0.3) is 0 Å². The van der Waals surface area contributed by atoms with Crippen molar-refractivity contribution in [1.82, 2.24) is 0 Å². The van der Waals surface area contributed by atoms with Gasteiger partial charge >= 0.3 is 11.9 Å². The second-order valence-electron chi connectivity index (χ2n) is 3.02. The highest BCUT2D eigenvalue weighted by molar-refractivity contribution is 6.14. The van der Waals surface area contributed by atoms with E-state index < -0.39 is 11.9 Å². The predicted molar refractivity (Wildman–Crippen MR) is 55.0 cm³/mol. The first kappa shape index (κ1) is 13.6. The van der Waals surface area contributed by atoms with Gasteiger partial charge in [-0.2, -0.15) is 0 Å². The molecular weight excluding hydrogens is 198 g/mol. The number of hydrogen-bond acceptors (Lipinski definition) is 5. The molecule has 0 aliphatic rings. The molecule has 0 radical (unpaired) electrons. The van der Waals surface area contributed by atoms with Crippen molar-refractivity contribution in [3.05, 3.63) is 11.1 Å². The van der Waals surface area contributed by atoms with Gasteiger partial charge in [-0.1, -0.05) is 5.57 Å². The molecule has 0 aromatic rings. The predicted octanol–water partition coefficient (Wildman–Crippen LogP) is 0.388. The zero-order valence-corrected chi connectivity index (χ0v) is 9.33. The molecule has 0 unspecified atom stereocenters. The lowest BCUT2D eigenvalue weighted by atomic mass is 10.1. The van der Waals surface area contributed by atoms with Gasteiger partial charge in [0.2, 0.25) is 0 Å². The van der Waals surface area contributed by atoms with Crippen molar-refractivity contribution < 1.29 is 19.1 Å². The molecular formula is C10H17NO4. The number of carbonyl (C=O) groups is 2. The molecule has 5 heteroatoms. The van der Waals surface area contributed by atoms with Gasteiger partial charge in [-0.15, -0.1) is 0 Å². The van der Waals surface area contributed by atoms with Crippen LogP contribution in [0.25, 0.3) is 0 Å². The zero-order chi connectivity index (χ0) is 11.8. The summed E-state index contributed by atoms with van der Waals surface area (Å²) >= 11 is 0. The van der Waals surface area contributed by atoms with Crippen molar-refractivity contribution in [2.45, 2.75) is 20.8 Å². The van der Waals surface area contributed by atoms with E-state index in [1.807, 2.05) is 0 Å². The Morgan fingerprint density at radius 2 is 1.67 bits per heavy atom. The van der Waals surface area contributed by atoms with Crippen LogP contribution in [0.1, 0.15) is 20.8 Å². The maximum Gasteiger partial charge on any atom is 0.345 e. The Bertz CT molecular complexity index is 267. The van der Waals surface area contributed by atoms with Gasteiger partial charge in [0.1, 0.15) is 12.2 Å². The van der Waals surface area contributed by atoms with E-state index in [-0.39, 0.29) is 25.3 Å². The van der Waals surface area contributed by atoms with Crippen LogP contribution in [-0.2, 0) is 19.1 Å². The van der Waals surface area contributed by atoms with Crippen LogP contribution in [0.4, 0.5) is 0 Å². The second-order valence-corrected chi connectivity index (χ2v) is 3.02. The summed E-state index contributed by atoms with van der Waals surface area (Å²) in [4.78, 5) is 22.8. The molecule has 0 aliphatic heterocycles. The number of esters is 2. The summed E-state index contributed by atoms with van der Waals surface area (Å²) in [5.74, 6) is -1.33. The highest BCUT2D eigenvalue weighted by Gasteiger charge is 2.22. The average Bonchev–Trinajstić information content (AvgIpc) is 2.14. The van der Waals surface area contributed by atoms with Gasteiger partial charge in [-0.05, 0) is 20.8 Å². The Balaban J connectivity index is 4.62. The Morgan fingerprint density at radius 1 is 1.13 bits per heavy atom. The lowest BCUT2D eigenvalue weighted by Gasteiger charge is -2.08. The standard InChI is InChI=1S/C10H17NO4/c1-4-14-9(12)8(7(2)3)10(13)15-6-5-11/h4-6,11H2,1-3H3. The van der Waals surface area contributed by atoms with Crippen LogP contribution in [0.3, 0.4) is 0 Å². The van der Waals surface area contributed by atoms with Crippen molar-refractivity contribution in [2.24, 2.45) is 5.73 Å². The van der Waals surface area contributed by atoms with Crippen molar-refractivity contribution in [3.8, 4) is 0 Å². The molecule has 0 aromatic heterocycles. The van der Waals surface area contributed by atoms with Crippen LogP contribution in [0.2, 0.25) is 0 Å². The van der Waals surface area contributed by atoms with E-state index in [1.165, 1.54) is 0 Å². The van der Waals surface area contributed by atoms with E-state index in [0.29, 0.717) is 5.57 Å². The highest BCUT2D eigenvalue weighted by Crippen LogP contribution is 2.08. The molecule has 2 N–H and O–H groups in total. The van der Waals surface area contributed by atoms with Crippen LogP contribution in [-0.4, -0.2) is 31.7 Å². The van der Waals surface area contributed by atoms with Crippen LogP contribution in [0.5, 0.6) is 0 Å². The molecule has 0 saturated carbocycles. The quantitative estimate of drug-likeness (QED) is 0.310. The monoisotopic (exact) mass is 215 g/mol. The van der Waals surface area contributed by atoms with Crippen molar-refractivity contribution >= 4 is 11.9 Å². The third kappa shape index (κ3) is 4.60. The molecule has 0 spiro atoms. The molecule has 0 heterocycles. The topological polar surface area (TPSA) is 78.6 Å². The molecule has 0 amide bonds. The van der Waals surface area contributed by atoms with Gasteiger partial charge in [0, 0.05) is 6.54 Å². The van der Waals surface area contributed by atoms with Gasteiger partial charge < -0.3 is 15.2 Å². The fraction of sp³-hybridized carbons (Fsp3) is 0.600. The molecule has 0 aromatic carbocycles. The highest BCUT2D eigenvalue weighted by atomic mass is 16.6. The average molecular weight is 215 g/mol. The van der Waals surface area contributed by atoms with Gasteiger partial charge in [-0.25, -0.2) is 9.59 Å². The summed E-state index contributed by atoms with van der Waals surface area (Å²) < 4.78 is 9.50. The summed E-state index contributed by atoms with van der Waals surface area (Å²) in [6, 6.07) is 0. The van der Waals surface area contributed by atoms with E-state index in [1.54, 1.807) is 20.8 Å². The van der Waals surface area contributed by atoms with E-state index in [0.717, 1.165) is 0 Å². The molecule has 0 saturated heterocycles. The Hall–Kier alpha value is -1.36. The first-order valence-electron chi connectivity index (χ1n) is 4.76. The number of hydrogen-bond donors (Lipinski definition) is 1. The van der Waals surface area contributed by atoms with Crippen LogP contribution < -0.4 is 5.73 Å². The van der Waals surface area contributed by atoms with Crippen molar-refractivity contribution in [1.29, 1.82) is 0 Å². The summed E-state index contributed by atoms with van der Waals surface area (Å²) in [7, 11) is 0. The second kappa shape index (κ2) is 7.00. The smallest absolute Gasteiger partial charge is 0.345 e. The zero-order valence-electron chi connectivity index (χ0n) is 9.33. The molecule has 15 heavy (non-hydrogen) atoms. The Morgan fingerprint density at radius 3 is 2.07 bits per heavy atom. The minimum atomic E-state index is -0.682. The molecule has 5 nitrogen and oxygen atoms in total. The SMILES string of the molecule is CCOC(=O)C(C(=O)OCCN)=C(C)C. The maximum absolute atomic E-state index is 11.4. The van der Waals surface area contributed by atoms with Crippen LogP contribution >= 0.6 is 0 Å². The van der Waals surface area contributed by atoms with E-state index >= 15 is 0 Å². The number of nitrogens with two attached hydrogens (primary N) is 1. The number of rotatable bonds is 5. The Kier molecular flexibility index (Phi) is 6.37. The lowest BCUT2D eigenvalue weighted by molar-refractivity contribution is -0.146. The lowest BCUT2D eigenvalue weighted by Crippen LogP contribution is -2.22. The van der Waals surface area contributed by atoms with E-state index in [2.05, 4.69) is 0 Å². The third-order valence-electron chi connectivity index (χ3n) is 1.53. The fourth-order valence-electron chi connectivity index (χ4n) is 0.919. The van der Waals surface area contributed by atoms with Gasteiger partial charge in [-0.3, -0.25) is 0 Å². The molecule has 86 valence electrons. The molecule has 0 aliphatic carbocycles. The first-order valence-corrected chi connectivity index (χ1v) is 4.76. The van der Waals surface area contributed by atoms with Crippen molar-refractivity contribution in [2.75, 3.05) is 19.8 Å². The van der Waals surface area contributed by atoms with E-state index in [4.69, 9.17) is 15.2 Å². The minimum Gasteiger partial charge on any atom is -0.462 e. The molecule has 0 bridgehead atoms. The summed E-state index contributed by atoms with van der Waals surface area (Å²) in [6.45, 7) is 5.51. The minimum absolute atomic E-state index is 0.0506. The normalized spacial score (nSPS) is 9.33. The van der Waals surface area contributed by atoms with Gasteiger partial charge in [0.05, 0.1) is 6.61 Å². The molecule has 0 fully saturated rings. The van der Waals surface area contributed by atoms with Crippen LogP contribution in [0.15, 0.2) is 11.1 Å². The van der Waals surface area contributed by atoms with Crippen molar-refractivity contribution in [3.63, 3.8) is 0 Å². The molecule has 0 rings (SSSR count). The van der Waals surface area contributed by atoms with Gasteiger partial charge in [0.15, 0.2) is 0 Å².